The number of benzene rings is 6. The van der Waals surface area contributed by atoms with Crippen LogP contribution in [0.25, 0.3) is 44.3 Å². The monoisotopic (exact) mass is 1570 g/mol. The van der Waals surface area contributed by atoms with Gasteiger partial charge in [0.1, 0.15) is 11.9 Å². The van der Waals surface area contributed by atoms with Crippen LogP contribution in [0, 0.1) is 13.8 Å². The number of pyridine rings is 2. The minimum atomic E-state index is -0.387. The molecule has 0 saturated carbocycles. The maximum Gasteiger partial charge on any atom is 0.410 e. The normalized spacial score (nSPS) is 14.8. The van der Waals surface area contributed by atoms with Crippen LogP contribution in [0.4, 0.5) is 16.2 Å². The molecule has 0 radical (unpaired) electrons. The number of nitrogens with zero attached hydrogens (tertiary/aromatic N) is 8. The number of anilines is 2. The van der Waals surface area contributed by atoms with Crippen molar-refractivity contribution < 1.29 is 43.0 Å². The zero-order valence-electron chi connectivity index (χ0n) is 68.5. The van der Waals surface area contributed by atoms with E-state index in [4.69, 9.17) is 24.2 Å². The zero-order chi connectivity index (χ0) is 81.7. The van der Waals surface area contributed by atoms with Crippen LogP contribution in [0.5, 0.6) is 0 Å². The Kier molecular flexibility index (Phi) is 29.3. The molecule has 4 fully saturated rings. The van der Waals surface area contributed by atoms with Crippen molar-refractivity contribution in [3.8, 4) is 22.3 Å². The largest absolute Gasteiger partial charge is 0.444 e. The van der Waals surface area contributed by atoms with Crippen LogP contribution >= 0.6 is 0 Å². The maximum atomic E-state index is 13.6. The predicted molar refractivity (Wildman–Crippen MR) is 455 cm³/mol. The molecule has 0 spiro atoms. The van der Waals surface area contributed by atoms with Gasteiger partial charge >= 0.3 is 6.09 Å². The summed E-state index contributed by atoms with van der Waals surface area (Å²) in [6.07, 6.45) is 9.36. The molecule has 0 unspecified atom stereocenters. The van der Waals surface area contributed by atoms with Crippen molar-refractivity contribution in [2.45, 2.75) is 164 Å². The second-order valence-corrected chi connectivity index (χ2v) is 30.9. The molecular weight excluding hydrogens is 1460 g/mol. The van der Waals surface area contributed by atoms with E-state index in [1.54, 1.807) is 59.5 Å². The van der Waals surface area contributed by atoms with Crippen LogP contribution in [-0.4, -0.2) is 172 Å². The van der Waals surface area contributed by atoms with Gasteiger partial charge in [0.05, 0.1) is 34.5 Å². The Hall–Kier alpha value is -11.2. The van der Waals surface area contributed by atoms with Crippen molar-refractivity contribution in [1.29, 1.82) is 0 Å². The van der Waals surface area contributed by atoms with Crippen molar-refractivity contribution >= 4 is 69.4 Å². The minimum Gasteiger partial charge on any atom is -0.444 e. The van der Waals surface area contributed by atoms with Crippen LogP contribution in [0.15, 0.2) is 146 Å². The number of aldehydes is 1. The first kappa shape index (κ1) is 84.2. The fourth-order valence-electron chi connectivity index (χ4n) is 14.9. The minimum absolute atomic E-state index is 0.200. The molecule has 8 heterocycles. The molecule has 4 aromatic heterocycles. The van der Waals surface area contributed by atoms with Crippen molar-refractivity contribution in [2.24, 2.45) is 0 Å². The van der Waals surface area contributed by atoms with Crippen LogP contribution in [-0.2, 0) is 72.9 Å². The first-order chi connectivity index (χ1) is 56.3. The first-order valence-corrected chi connectivity index (χ1v) is 41.0. The average molecular weight is 1570 g/mol. The Balaban J connectivity index is 0.000000186. The number of piperazine rings is 2. The van der Waals surface area contributed by atoms with Gasteiger partial charge in [-0.05, 0) is 198 Å². The number of carbonyl (C=O) groups excluding carboxylic acids is 6. The second kappa shape index (κ2) is 40.4. The van der Waals surface area contributed by atoms with Gasteiger partial charge in [-0.25, -0.2) is 24.1 Å². The van der Waals surface area contributed by atoms with E-state index in [1.807, 2.05) is 92.8 Å². The Morgan fingerprint density at radius 2 is 0.922 bits per heavy atom. The highest BCUT2D eigenvalue weighted by atomic mass is 16.6. The molecule has 4 aliphatic heterocycles. The van der Waals surface area contributed by atoms with E-state index in [9.17, 15) is 28.8 Å². The van der Waals surface area contributed by atoms with Gasteiger partial charge in [-0.1, -0.05) is 86.6 Å². The summed E-state index contributed by atoms with van der Waals surface area (Å²) in [5.41, 5.74) is 18.8. The number of hydrogen-bond acceptors (Lipinski definition) is 18. The lowest BCUT2D eigenvalue weighted by atomic mass is 9.98. The molecule has 25 nitrogen and oxygen atoms in total. The lowest BCUT2D eigenvalue weighted by Gasteiger charge is -2.30. The van der Waals surface area contributed by atoms with Crippen molar-refractivity contribution in [3.05, 3.63) is 224 Å². The van der Waals surface area contributed by atoms with Gasteiger partial charge < -0.3 is 61.6 Å². The number of hydrogen-bond donors (Lipinski definition) is 8. The van der Waals surface area contributed by atoms with E-state index in [1.165, 1.54) is 11.1 Å². The third-order valence-electron chi connectivity index (χ3n) is 21.6. The quantitative estimate of drug-likeness (QED) is 0.0247. The van der Waals surface area contributed by atoms with Crippen LogP contribution in [0.2, 0.25) is 0 Å². The molecule has 116 heavy (non-hydrogen) atoms. The van der Waals surface area contributed by atoms with Crippen molar-refractivity contribution in [1.82, 2.24) is 71.2 Å². The van der Waals surface area contributed by atoms with E-state index in [2.05, 4.69) is 128 Å². The second-order valence-electron chi connectivity index (χ2n) is 30.9. The van der Waals surface area contributed by atoms with Crippen LogP contribution in [0.1, 0.15) is 176 Å². The first-order valence-electron chi connectivity index (χ1n) is 41.0. The topological polar surface area (TPSA) is 294 Å². The molecule has 4 saturated heterocycles. The van der Waals surface area contributed by atoms with Crippen molar-refractivity contribution in [3.63, 3.8) is 0 Å². The SMILES string of the molecule is CC(C)(C)OC(=O)N1CCNCC1.CCc1nc2c(cnn2CC)c(NC2CCOCC2)c1CNC(=O)c1cccc(C(=O)NCc2cc(-c3cccc(C=O)c3)ccc2C)c1.CCc1nc2c(cnn2CC)c(NC2CCOCC2)c1CNC(=O)c1cccc(C(=O)NCc2cc(-c3cccc(CN4CCNCC4)c3)ccc2C)c1. The van der Waals surface area contributed by atoms with Gasteiger partial charge in [0, 0.05) is 187 Å². The molecule has 5 amide bonds. The van der Waals surface area contributed by atoms with Gasteiger partial charge in [0.15, 0.2) is 11.3 Å². The predicted octanol–water partition coefficient (Wildman–Crippen LogP) is 12.9. The van der Waals surface area contributed by atoms with Gasteiger partial charge in [-0.3, -0.25) is 28.9 Å². The molecule has 6 aromatic carbocycles. The molecule has 10 aromatic rings. The summed E-state index contributed by atoms with van der Waals surface area (Å²) >= 11 is 0. The number of amides is 5. The third-order valence-corrected chi connectivity index (χ3v) is 21.6. The van der Waals surface area contributed by atoms with E-state index in [-0.39, 0.29) is 54.0 Å². The molecular formula is C91H112N16O9. The highest BCUT2D eigenvalue weighted by Crippen LogP contribution is 2.35. The summed E-state index contributed by atoms with van der Waals surface area (Å²) in [7, 11) is 0. The van der Waals surface area contributed by atoms with Gasteiger partial charge in [0.2, 0.25) is 0 Å². The number of fused-ring (bicyclic) bond motifs is 2. The fourth-order valence-corrected chi connectivity index (χ4v) is 14.9. The number of carbonyl (C=O) groups is 6. The Morgan fingerprint density at radius 1 is 0.509 bits per heavy atom. The maximum absolute atomic E-state index is 13.6. The Morgan fingerprint density at radius 3 is 1.35 bits per heavy atom. The Bertz CT molecular complexity index is 5080. The van der Waals surface area contributed by atoms with Gasteiger partial charge in [0.25, 0.3) is 23.6 Å². The molecule has 8 N–H and O–H groups in total. The molecule has 25 heteroatoms. The van der Waals surface area contributed by atoms with Crippen molar-refractivity contribution in [2.75, 3.05) is 89.4 Å². The third kappa shape index (κ3) is 22.0. The summed E-state index contributed by atoms with van der Waals surface area (Å²) in [6.45, 7) is 31.8. The number of ether oxygens (including phenoxy) is 3. The van der Waals surface area contributed by atoms with E-state index >= 15 is 0 Å². The summed E-state index contributed by atoms with van der Waals surface area (Å²) in [4.78, 5) is 90.8. The van der Waals surface area contributed by atoms with Crippen LogP contribution in [0.3, 0.4) is 0 Å². The number of nitrogens with one attached hydrogen (secondary N) is 8. The van der Waals surface area contributed by atoms with E-state index < -0.39 is 0 Å². The number of aromatic nitrogens is 6. The summed E-state index contributed by atoms with van der Waals surface area (Å²) < 4.78 is 20.2. The molecule has 14 rings (SSSR count). The van der Waals surface area contributed by atoms with Gasteiger partial charge in [-0.15, -0.1) is 0 Å². The lowest BCUT2D eigenvalue weighted by Crippen LogP contribution is -2.48. The standard InChI is InChI=1S/C43H52N8O3.C39H42N6O4.C9H18N2O2/c1-4-39-37(40(48-36-14-20-54-21-15-36)38-27-47-51(5-2)41(38)49-39)26-46-43(53)34-11-7-10-33(24-34)42(52)45-25-35-23-32(13-12-29(35)3)31-9-6-8-30(22-31)28-50-18-16-44-17-19-50;1-4-35-33(36(43-32-14-16-49-17-15-32)34-23-42-45(5-2)37(34)44-35)22-41-39(48)30-11-7-10-29(20-30)38(47)40-21-31-19-28(13-12-25(31)3)27-9-6-8-26(18-27)24-46;1-9(2,3)13-8(12)11-6-4-10-5-7-11/h6-13,22-24,27,36,44H,4-5,14-21,25-26,28H2,1-3H3,(H,45,52)(H,46,53)(H,48,49);6-13,18-20,23-24,32H,4-5,14-17,21-22H2,1-3H3,(H,40,47)(H,41,48)(H,43,44);10H,4-7H2,1-3H3. The molecule has 4 aliphatic rings. The number of rotatable bonds is 25. The smallest absolute Gasteiger partial charge is 0.410 e. The number of aryl methyl sites for hydroxylation is 6. The Labute approximate surface area is 680 Å². The fraction of sp³-hybridized carbons (Fsp3) is 0.407. The highest BCUT2D eigenvalue weighted by molar-refractivity contribution is 6.01. The van der Waals surface area contributed by atoms with E-state index in [0.29, 0.717) is 99.8 Å². The highest BCUT2D eigenvalue weighted by Gasteiger charge is 2.27. The summed E-state index contributed by atoms with van der Waals surface area (Å²) in [5.74, 6) is -1.04. The van der Waals surface area contributed by atoms with E-state index in [0.717, 1.165) is 186 Å². The molecule has 0 atom stereocenters. The molecule has 0 bridgehead atoms. The van der Waals surface area contributed by atoms with Crippen LogP contribution < -0.4 is 42.5 Å². The zero-order valence-corrected chi connectivity index (χ0v) is 68.5. The summed E-state index contributed by atoms with van der Waals surface area (Å²) in [6, 6.07) is 42.8. The lowest BCUT2D eigenvalue weighted by molar-refractivity contribution is 0.0228. The molecule has 610 valence electrons. The molecule has 0 aliphatic carbocycles. The van der Waals surface area contributed by atoms with Gasteiger partial charge in [-0.2, -0.15) is 10.2 Å². The summed E-state index contributed by atoms with van der Waals surface area (Å²) in [5, 5.41) is 37.5. The average Bonchev–Trinajstić information content (AvgIpc) is 1.61.